The number of rotatable bonds is 16. The highest BCUT2D eigenvalue weighted by Crippen LogP contribution is 2.12. The number of likely N-dealkylation sites (N-methyl/N-ethyl adjacent to an activating group) is 1. The molecule has 1 atom stereocenters. The third kappa shape index (κ3) is 14.8. The summed E-state index contributed by atoms with van der Waals surface area (Å²) in [4.78, 5) is 0. The van der Waals surface area contributed by atoms with Crippen molar-refractivity contribution in [2.75, 3.05) is 27.2 Å². The Labute approximate surface area is 140 Å². The van der Waals surface area contributed by atoms with Crippen molar-refractivity contribution in [3.05, 3.63) is 0 Å². The summed E-state index contributed by atoms with van der Waals surface area (Å²) in [5, 5.41) is 10.2. The van der Waals surface area contributed by atoms with Gasteiger partial charge in [-0.2, -0.15) is 0 Å². The molecular weight excluding hydrogens is 270 g/mol. The smallest absolute Gasteiger partial charge is 0.105 e. The van der Waals surface area contributed by atoms with Crippen LogP contribution in [0.3, 0.4) is 0 Å². The normalized spacial score (nSPS) is 13.5. The number of unbranched alkanes of at least 4 members (excludes halogenated alkanes) is 10. The Kier molecular flexibility index (Phi) is 14.5. The van der Waals surface area contributed by atoms with Crippen LogP contribution in [0.4, 0.5) is 0 Å². The van der Waals surface area contributed by atoms with Gasteiger partial charge in [-0.05, 0) is 19.3 Å². The highest BCUT2D eigenvalue weighted by molar-refractivity contribution is 4.56. The van der Waals surface area contributed by atoms with E-state index in [1.807, 2.05) is 0 Å². The van der Waals surface area contributed by atoms with E-state index in [0.29, 0.717) is 0 Å². The topological polar surface area (TPSA) is 20.2 Å². The van der Waals surface area contributed by atoms with E-state index in [-0.39, 0.29) is 6.10 Å². The van der Waals surface area contributed by atoms with Gasteiger partial charge in [-0.1, -0.05) is 78.1 Å². The summed E-state index contributed by atoms with van der Waals surface area (Å²) in [6, 6.07) is 0. The second-order valence-electron chi connectivity index (χ2n) is 7.82. The van der Waals surface area contributed by atoms with Crippen LogP contribution in [0.1, 0.15) is 97.3 Å². The van der Waals surface area contributed by atoms with Gasteiger partial charge in [0.2, 0.25) is 0 Å². The monoisotopic (exact) mass is 314 g/mol. The lowest BCUT2D eigenvalue weighted by Crippen LogP contribution is -2.45. The molecule has 0 fully saturated rings. The van der Waals surface area contributed by atoms with Crippen LogP contribution in [0.5, 0.6) is 0 Å². The predicted octanol–water partition coefficient (Wildman–Crippen LogP) is 5.53. The van der Waals surface area contributed by atoms with E-state index in [4.69, 9.17) is 0 Å². The molecule has 2 heteroatoms. The Hall–Kier alpha value is -0.0800. The van der Waals surface area contributed by atoms with Crippen LogP contribution in [0.25, 0.3) is 0 Å². The molecule has 0 spiro atoms. The summed E-state index contributed by atoms with van der Waals surface area (Å²) in [5.41, 5.74) is 0. The third-order valence-corrected chi connectivity index (χ3v) is 4.71. The Bertz CT molecular complexity index is 228. The summed E-state index contributed by atoms with van der Waals surface area (Å²) in [6.07, 6.45) is 16.9. The van der Waals surface area contributed by atoms with Gasteiger partial charge in [0.15, 0.2) is 0 Å². The van der Waals surface area contributed by atoms with E-state index >= 15 is 0 Å². The summed E-state index contributed by atoms with van der Waals surface area (Å²) in [6.45, 7) is 6.66. The van der Waals surface area contributed by atoms with Gasteiger partial charge in [0.05, 0.1) is 20.6 Å². The van der Waals surface area contributed by atoms with E-state index in [2.05, 4.69) is 27.9 Å². The van der Waals surface area contributed by atoms with Crippen LogP contribution in [-0.4, -0.2) is 42.9 Å². The third-order valence-electron chi connectivity index (χ3n) is 4.71. The number of nitrogens with zero attached hydrogens (tertiary/aromatic N) is 1. The molecular formula is C20H44NO+. The Balaban J connectivity index is 3.57. The second-order valence-corrected chi connectivity index (χ2v) is 7.82. The first-order valence-electron chi connectivity index (χ1n) is 10.0. The number of quaternary nitrogens is 1. The number of aliphatic hydroxyl groups excluding tert-OH is 1. The Morgan fingerprint density at radius 3 is 1.68 bits per heavy atom. The van der Waals surface area contributed by atoms with Gasteiger partial charge in [-0.25, -0.2) is 0 Å². The second kappa shape index (κ2) is 14.5. The van der Waals surface area contributed by atoms with Gasteiger partial charge in [0.25, 0.3) is 0 Å². The predicted molar refractivity (Wildman–Crippen MR) is 99.2 cm³/mol. The SMILES string of the molecule is CCCCCCCCC(O)C[N+](C)(C)CCCCCCCC. The maximum atomic E-state index is 10.2. The molecule has 0 aromatic rings. The highest BCUT2D eigenvalue weighted by Gasteiger charge is 2.19. The number of hydrogen-bond donors (Lipinski definition) is 1. The quantitative estimate of drug-likeness (QED) is 0.293. The van der Waals surface area contributed by atoms with Crippen molar-refractivity contribution in [2.45, 2.75) is 103 Å². The molecule has 2 nitrogen and oxygen atoms in total. The molecule has 0 bridgehead atoms. The van der Waals surface area contributed by atoms with E-state index in [1.165, 1.54) is 83.6 Å². The molecule has 0 saturated heterocycles. The summed E-state index contributed by atoms with van der Waals surface area (Å²) < 4.78 is 0.977. The minimum atomic E-state index is -0.110. The average molecular weight is 315 g/mol. The van der Waals surface area contributed by atoms with E-state index in [0.717, 1.165) is 17.4 Å². The van der Waals surface area contributed by atoms with Crippen LogP contribution < -0.4 is 0 Å². The zero-order valence-electron chi connectivity index (χ0n) is 16.1. The average Bonchev–Trinajstić information content (AvgIpc) is 2.46. The van der Waals surface area contributed by atoms with Crippen molar-refractivity contribution in [3.63, 3.8) is 0 Å². The van der Waals surface area contributed by atoms with Crippen molar-refractivity contribution in [3.8, 4) is 0 Å². The zero-order valence-corrected chi connectivity index (χ0v) is 16.1. The van der Waals surface area contributed by atoms with Crippen LogP contribution >= 0.6 is 0 Å². The summed E-state index contributed by atoms with van der Waals surface area (Å²) in [7, 11) is 4.55. The summed E-state index contributed by atoms with van der Waals surface area (Å²) in [5.74, 6) is 0. The van der Waals surface area contributed by atoms with Crippen LogP contribution in [0, 0.1) is 0 Å². The molecule has 0 saturated carbocycles. The van der Waals surface area contributed by atoms with Gasteiger partial charge >= 0.3 is 0 Å². The first kappa shape index (κ1) is 21.9. The molecule has 0 aromatic heterocycles. The van der Waals surface area contributed by atoms with Gasteiger partial charge in [-0.15, -0.1) is 0 Å². The minimum absolute atomic E-state index is 0.110. The van der Waals surface area contributed by atoms with Crippen molar-refractivity contribution < 1.29 is 9.59 Å². The minimum Gasteiger partial charge on any atom is -0.387 e. The van der Waals surface area contributed by atoms with Crippen LogP contribution in [-0.2, 0) is 0 Å². The van der Waals surface area contributed by atoms with E-state index < -0.39 is 0 Å². The fraction of sp³-hybridized carbons (Fsp3) is 1.00. The lowest BCUT2D eigenvalue weighted by atomic mass is 10.1. The van der Waals surface area contributed by atoms with Crippen molar-refractivity contribution in [1.29, 1.82) is 0 Å². The highest BCUT2D eigenvalue weighted by atomic mass is 16.3. The molecule has 0 aliphatic rings. The molecule has 1 unspecified atom stereocenters. The molecule has 1 N–H and O–H groups in total. The van der Waals surface area contributed by atoms with Gasteiger partial charge in [-0.3, -0.25) is 0 Å². The lowest BCUT2D eigenvalue weighted by molar-refractivity contribution is -0.893. The molecule has 0 aliphatic heterocycles. The number of hydrogen-bond acceptors (Lipinski definition) is 1. The molecule has 0 aliphatic carbocycles. The van der Waals surface area contributed by atoms with Crippen molar-refractivity contribution in [2.24, 2.45) is 0 Å². The van der Waals surface area contributed by atoms with E-state index in [9.17, 15) is 5.11 Å². The maximum absolute atomic E-state index is 10.2. The first-order valence-corrected chi connectivity index (χ1v) is 10.0. The van der Waals surface area contributed by atoms with E-state index in [1.54, 1.807) is 0 Å². The zero-order chi connectivity index (χ0) is 16.7. The van der Waals surface area contributed by atoms with Crippen LogP contribution in [0.2, 0.25) is 0 Å². The molecule has 0 rings (SSSR count). The fourth-order valence-electron chi connectivity index (χ4n) is 3.23. The Morgan fingerprint density at radius 2 is 1.14 bits per heavy atom. The first-order chi connectivity index (χ1) is 10.5. The van der Waals surface area contributed by atoms with Gasteiger partial charge in [0, 0.05) is 0 Å². The molecule has 0 heterocycles. The Morgan fingerprint density at radius 1 is 0.682 bits per heavy atom. The van der Waals surface area contributed by atoms with Crippen molar-refractivity contribution in [1.82, 2.24) is 0 Å². The summed E-state index contributed by atoms with van der Waals surface area (Å²) >= 11 is 0. The molecule has 0 amide bonds. The fourth-order valence-corrected chi connectivity index (χ4v) is 3.23. The maximum Gasteiger partial charge on any atom is 0.105 e. The molecule has 0 aromatic carbocycles. The molecule has 0 radical (unpaired) electrons. The molecule has 134 valence electrons. The largest absolute Gasteiger partial charge is 0.387 e. The standard InChI is InChI=1S/C20H44NO/c1-5-7-9-11-13-15-17-20(22)19-21(3,4)18-16-14-12-10-8-6-2/h20,22H,5-19H2,1-4H3/q+1. The molecule has 22 heavy (non-hydrogen) atoms. The van der Waals surface area contributed by atoms with Crippen LogP contribution in [0.15, 0.2) is 0 Å². The van der Waals surface area contributed by atoms with Gasteiger partial charge < -0.3 is 9.59 Å². The lowest BCUT2D eigenvalue weighted by Gasteiger charge is -2.32. The number of aliphatic hydroxyl groups is 1. The van der Waals surface area contributed by atoms with Gasteiger partial charge in [0.1, 0.15) is 12.6 Å². The van der Waals surface area contributed by atoms with Crippen molar-refractivity contribution >= 4 is 0 Å².